The predicted octanol–water partition coefficient (Wildman–Crippen LogP) is 2.37. The summed E-state index contributed by atoms with van der Waals surface area (Å²) in [6.07, 6.45) is -2.19. The van der Waals surface area contributed by atoms with E-state index in [1.165, 1.54) is 7.11 Å². The second-order valence-corrected chi connectivity index (χ2v) is 3.77. The summed E-state index contributed by atoms with van der Waals surface area (Å²) in [4.78, 5) is 14.8. The Morgan fingerprint density at radius 3 is 2.82 bits per heavy atom. The molecule has 1 heterocycles. The zero-order valence-corrected chi connectivity index (χ0v) is 10.3. The Kier molecular flexibility index (Phi) is 4.52. The molecule has 1 rings (SSSR count). The molecule has 1 aromatic heterocycles. The summed E-state index contributed by atoms with van der Waals surface area (Å²) < 4.78 is 29.9. The van der Waals surface area contributed by atoms with Crippen molar-refractivity contribution in [3.8, 4) is 6.07 Å². The molecule has 0 amide bonds. The van der Waals surface area contributed by atoms with Gasteiger partial charge in [-0.15, -0.1) is 0 Å². The van der Waals surface area contributed by atoms with E-state index in [2.05, 4.69) is 25.7 Å². The molecule has 0 aromatic carbocycles. The first-order valence-corrected chi connectivity index (χ1v) is 5.22. The normalized spacial score (nSPS) is 10.1. The molecule has 0 aliphatic heterocycles. The van der Waals surface area contributed by atoms with Crippen LogP contribution < -0.4 is 0 Å². The van der Waals surface area contributed by atoms with Crippen molar-refractivity contribution in [1.82, 2.24) is 4.98 Å². The first-order valence-electron chi connectivity index (χ1n) is 4.43. The number of nitrogens with zero attached hydrogens (tertiary/aromatic N) is 2. The van der Waals surface area contributed by atoms with E-state index in [0.29, 0.717) is 0 Å². The van der Waals surface area contributed by atoms with Crippen molar-refractivity contribution in [3.63, 3.8) is 0 Å². The molecule has 0 saturated heterocycles. The third-order valence-corrected chi connectivity index (χ3v) is 2.74. The number of pyridine rings is 1. The molecule has 0 aliphatic carbocycles. The minimum absolute atomic E-state index is 0.108. The first kappa shape index (κ1) is 13.5. The maximum absolute atomic E-state index is 12.6. The van der Waals surface area contributed by atoms with Gasteiger partial charge in [-0.3, -0.25) is 4.79 Å². The van der Waals surface area contributed by atoms with Crippen molar-refractivity contribution < 1.29 is 18.3 Å². The molecule has 7 heteroatoms. The highest BCUT2D eigenvalue weighted by molar-refractivity contribution is 9.10. The van der Waals surface area contributed by atoms with Crippen molar-refractivity contribution in [2.45, 2.75) is 12.8 Å². The highest BCUT2D eigenvalue weighted by Gasteiger charge is 2.21. The zero-order valence-electron chi connectivity index (χ0n) is 8.71. The molecule has 17 heavy (non-hydrogen) atoms. The van der Waals surface area contributed by atoms with Gasteiger partial charge in [0.1, 0.15) is 10.7 Å². The Balaban J connectivity index is 3.32. The van der Waals surface area contributed by atoms with Crippen LogP contribution in [0.2, 0.25) is 0 Å². The second kappa shape index (κ2) is 5.68. The molecule has 0 saturated carbocycles. The fourth-order valence-electron chi connectivity index (χ4n) is 1.22. The number of esters is 1. The SMILES string of the molecule is COC(=O)Cc1c(Br)ncc(C(F)F)c1C#N. The van der Waals surface area contributed by atoms with Crippen LogP contribution >= 0.6 is 15.9 Å². The Bertz CT molecular complexity index is 486. The third kappa shape index (κ3) is 2.97. The van der Waals surface area contributed by atoms with Gasteiger partial charge >= 0.3 is 5.97 Å². The van der Waals surface area contributed by atoms with Gasteiger partial charge in [-0.2, -0.15) is 5.26 Å². The van der Waals surface area contributed by atoms with Crippen LogP contribution in [0.3, 0.4) is 0 Å². The van der Waals surface area contributed by atoms with E-state index in [-0.39, 0.29) is 22.2 Å². The van der Waals surface area contributed by atoms with Crippen LogP contribution in [0.25, 0.3) is 0 Å². The zero-order chi connectivity index (χ0) is 13.0. The van der Waals surface area contributed by atoms with Gasteiger partial charge in [0.15, 0.2) is 0 Å². The number of hydrogen-bond donors (Lipinski definition) is 0. The number of ether oxygens (including phenoxy) is 1. The highest BCUT2D eigenvalue weighted by atomic mass is 79.9. The lowest BCUT2D eigenvalue weighted by molar-refractivity contribution is -0.139. The van der Waals surface area contributed by atoms with Gasteiger partial charge < -0.3 is 4.74 Å². The lowest BCUT2D eigenvalue weighted by Crippen LogP contribution is -2.09. The average molecular weight is 305 g/mol. The Morgan fingerprint density at radius 1 is 1.71 bits per heavy atom. The number of carbonyl (C=O) groups is 1. The second-order valence-electron chi connectivity index (χ2n) is 3.02. The van der Waals surface area contributed by atoms with Crippen molar-refractivity contribution in [2.24, 2.45) is 0 Å². The third-order valence-electron chi connectivity index (χ3n) is 2.05. The largest absolute Gasteiger partial charge is 0.469 e. The summed E-state index contributed by atoms with van der Waals surface area (Å²) in [5.41, 5.74) is -0.626. The molecule has 1 aromatic rings. The molecule has 0 fully saturated rings. The summed E-state index contributed by atoms with van der Waals surface area (Å²) in [7, 11) is 1.17. The summed E-state index contributed by atoms with van der Waals surface area (Å²) in [6.45, 7) is 0. The minimum atomic E-state index is -2.82. The molecule has 0 spiro atoms. The lowest BCUT2D eigenvalue weighted by atomic mass is 10.0. The number of alkyl halides is 2. The van der Waals surface area contributed by atoms with Crippen molar-refractivity contribution >= 4 is 21.9 Å². The smallest absolute Gasteiger partial charge is 0.310 e. The van der Waals surface area contributed by atoms with Crippen molar-refractivity contribution in [3.05, 3.63) is 27.5 Å². The van der Waals surface area contributed by atoms with Gasteiger partial charge in [-0.1, -0.05) is 0 Å². The monoisotopic (exact) mass is 304 g/mol. The molecule has 0 radical (unpaired) electrons. The van der Waals surface area contributed by atoms with Gasteiger partial charge in [-0.25, -0.2) is 13.8 Å². The number of hydrogen-bond acceptors (Lipinski definition) is 4. The number of aromatic nitrogens is 1. The summed E-state index contributed by atoms with van der Waals surface area (Å²) in [5.74, 6) is -0.629. The van der Waals surface area contributed by atoms with Crippen LogP contribution in [0.15, 0.2) is 10.8 Å². The van der Waals surface area contributed by atoms with Crippen LogP contribution in [0.5, 0.6) is 0 Å². The van der Waals surface area contributed by atoms with E-state index in [1.54, 1.807) is 6.07 Å². The van der Waals surface area contributed by atoms with E-state index in [9.17, 15) is 13.6 Å². The Morgan fingerprint density at radius 2 is 2.35 bits per heavy atom. The summed E-state index contributed by atoms with van der Waals surface area (Å²) >= 11 is 3.01. The number of methoxy groups -OCH3 is 1. The molecule has 0 aliphatic rings. The molecular formula is C10H7BrF2N2O2. The van der Waals surface area contributed by atoms with Crippen LogP contribution in [0.4, 0.5) is 8.78 Å². The standard InChI is InChI=1S/C10H7BrF2N2O2/c1-17-8(16)2-5-6(3-14)7(10(12)13)4-15-9(5)11/h4,10H,2H2,1H3. The average Bonchev–Trinajstić information content (AvgIpc) is 2.30. The maximum Gasteiger partial charge on any atom is 0.310 e. The van der Waals surface area contributed by atoms with Crippen LogP contribution in [0, 0.1) is 11.3 Å². The first-order chi connectivity index (χ1) is 8.01. The van der Waals surface area contributed by atoms with E-state index < -0.39 is 18.0 Å². The van der Waals surface area contributed by atoms with E-state index in [0.717, 1.165) is 6.20 Å². The molecule has 4 nitrogen and oxygen atoms in total. The number of rotatable bonds is 3. The summed E-state index contributed by atoms with van der Waals surface area (Å²) in [5, 5.41) is 8.87. The Hall–Kier alpha value is -1.55. The quantitative estimate of drug-likeness (QED) is 0.635. The Labute approximate surface area is 104 Å². The summed E-state index contributed by atoms with van der Waals surface area (Å²) in [6, 6.07) is 1.66. The van der Waals surface area contributed by atoms with Crippen molar-refractivity contribution in [2.75, 3.05) is 7.11 Å². The van der Waals surface area contributed by atoms with Crippen LogP contribution in [-0.2, 0) is 16.0 Å². The van der Waals surface area contributed by atoms with Gasteiger partial charge in [0.05, 0.1) is 24.7 Å². The predicted molar refractivity (Wildman–Crippen MR) is 57.3 cm³/mol. The number of carbonyl (C=O) groups excluding carboxylic acids is 1. The molecule has 0 bridgehead atoms. The van der Waals surface area contributed by atoms with Gasteiger partial charge in [-0.05, 0) is 15.9 Å². The maximum atomic E-state index is 12.6. The number of halogens is 3. The van der Waals surface area contributed by atoms with Crippen LogP contribution in [-0.4, -0.2) is 18.1 Å². The number of nitriles is 1. The molecule has 90 valence electrons. The molecule has 0 atom stereocenters. The van der Waals surface area contributed by atoms with E-state index in [1.807, 2.05) is 0 Å². The lowest BCUT2D eigenvalue weighted by Gasteiger charge is -2.09. The minimum Gasteiger partial charge on any atom is -0.469 e. The molecular weight excluding hydrogens is 298 g/mol. The van der Waals surface area contributed by atoms with Crippen molar-refractivity contribution in [1.29, 1.82) is 5.26 Å². The fourth-order valence-corrected chi connectivity index (χ4v) is 1.66. The highest BCUT2D eigenvalue weighted by Crippen LogP contribution is 2.28. The molecule has 0 unspecified atom stereocenters. The van der Waals surface area contributed by atoms with Gasteiger partial charge in [0.2, 0.25) is 0 Å². The van der Waals surface area contributed by atoms with E-state index >= 15 is 0 Å². The molecule has 0 N–H and O–H groups in total. The van der Waals surface area contributed by atoms with Gasteiger partial charge in [0, 0.05) is 11.8 Å². The fraction of sp³-hybridized carbons (Fsp3) is 0.300. The van der Waals surface area contributed by atoms with Gasteiger partial charge in [0.25, 0.3) is 6.43 Å². The van der Waals surface area contributed by atoms with E-state index in [4.69, 9.17) is 5.26 Å². The topological polar surface area (TPSA) is 63.0 Å². The van der Waals surface area contributed by atoms with Crippen LogP contribution in [0.1, 0.15) is 23.1 Å².